The maximum atomic E-state index is 12.5. The third kappa shape index (κ3) is 2.92. The van der Waals surface area contributed by atoms with Crippen molar-refractivity contribution in [2.24, 2.45) is 11.3 Å². The fourth-order valence-corrected chi connectivity index (χ4v) is 2.82. The normalized spacial score (nSPS) is 26.0. The number of carbonyl (C=O) groups excluding carboxylic acids is 2. The van der Waals surface area contributed by atoms with Crippen molar-refractivity contribution in [3.63, 3.8) is 0 Å². The van der Waals surface area contributed by atoms with Crippen LogP contribution in [0.15, 0.2) is 12.7 Å². The monoisotopic (exact) mass is 297 g/mol. The second kappa shape index (κ2) is 6.08. The predicted molar refractivity (Wildman–Crippen MR) is 80.6 cm³/mol. The van der Waals surface area contributed by atoms with E-state index in [1.54, 1.807) is 0 Å². The van der Waals surface area contributed by atoms with Crippen molar-refractivity contribution in [1.82, 2.24) is 4.90 Å². The summed E-state index contributed by atoms with van der Waals surface area (Å²) in [5.74, 6) is -0.422. The molecule has 0 radical (unpaired) electrons. The highest BCUT2D eigenvalue weighted by atomic mass is 16.6. The largest absolute Gasteiger partial charge is 0.445 e. The lowest BCUT2D eigenvalue weighted by atomic mass is 9.81. The first kappa shape index (κ1) is 17.5. The summed E-state index contributed by atoms with van der Waals surface area (Å²) in [5.41, 5.74) is -1.37. The summed E-state index contributed by atoms with van der Waals surface area (Å²) >= 11 is 0. The van der Waals surface area contributed by atoms with Crippen LogP contribution in [0.4, 0.5) is 4.79 Å². The number of cyclic esters (lactones) is 1. The van der Waals surface area contributed by atoms with E-state index in [1.165, 1.54) is 11.0 Å². The first-order valence-electron chi connectivity index (χ1n) is 7.41. The second-order valence-electron chi connectivity index (χ2n) is 6.79. The van der Waals surface area contributed by atoms with Crippen LogP contribution in [0, 0.1) is 11.3 Å². The van der Waals surface area contributed by atoms with Crippen LogP contribution >= 0.6 is 0 Å². The summed E-state index contributed by atoms with van der Waals surface area (Å²) in [6, 6.07) is 0. The van der Waals surface area contributed by atoms with Crippen molar-refractivity contribution >= 4 is 12.1 Å². The van der Waals surface area contributed by atoms with E-state index in [0.717, 1.165) is 0 Å². The summed E-state index contributed by atoms with van der Waals surface area (Å²) in [6.45, 7) is 15.2. The molecule has 0 aromatic carbocycles. The fraction of sp³-hybridized carbons (Fsp3) is 0.750. The minimum Gasteiger partial charge on any atom is -0.445 e. The van der Waals surface area contributed by atoms with E-state index >= 15 is 0 Å². The molecule has 0 saturated carbocycles. The number of esters is 1. The molecule has 1 saturated heterocycles. The Kier molecular flexibility index (Phi) is 5.07. The third-order valence-corrected chi connectivity index (χ3v) is 3.99. The predicted octanol–water partition coefficient (Wildman–Crippen LogP) is 3.34. The number of carbonyl (C=O) groups is 2. The lowest BCUT2D eigenvalue weighted by Crippen LogP contribution is -2.58. The first-order valence-corrected chi connectivity index (χ1v) is 7.41. The van der Waals surface area contributed by atoms with E-state index < -0.39 is 23.3 Å². The molecule has 5 nitrogen and oxygen atoms in total. The van der Waals surface area contributed by atoms with Crippen LogP contribution in [-0.2, 0) is 14.3 Å². The minimum absolute atomic E-state index is 0.0707. The van der Waals surface area contributed by atoms with Crippen LogP contribution in [-0.4, -0.2) is 35.3 Å². The molecule has 1 heterocycles. The van der Waals surface area contributed by atoms with Gasteiger partial charge in [0.1, 0.15) is 12.1 Å². The van der Waals surface area contributed by atoms with E-state index in [9.17, 15) is 9.59 Å². The van der Waals surface area contributed by atoms with Crippen molar-refractivity contribution in [2.75, 3.05) is 6.61 Å². The van der Waals surface area contributed by atoms with Gasteiger partial charge in [0.2, 0.25) is 0 Å². The van der Waals surface area contributed by atoms with E-state index in [0.29, 0.717) is 6.42 Å². The molecule has 0 N–H and O–H groups in total. The first-order chi connectivity index (χ1) is 9.62. The van der Waals surface area contributed by atoms with Crippen molar-refractivity contribution in [3.8, 4) is 0 Å². The van der Waals surface area contributed by atoms with Crippen molar-refractivity contribution in [1.29, 1.82) is 0 Å². The van der Waals surface area contributed by atoms with Gasteiger partial charge in [-0.25, -0.2) is 9.59 Å². The Morgan fingerprint density at radius 2 is 2.10 bits per heavy atom. The topological polar surface area (TPSA) is 55.8 Å². The molecular formula is C16H27NO4. The molecule has 5 heteroatoms. The summed E-state index contributed by atoms with van der Waals surface area (Å²) in [7, 11) is 0. The van der Waals surface area contributed by atoms with Crippen LogP contribution in [0.2, 0.25) is 0 Å². The summed E-state index contributed by atoms with van der Waals surface area (Å²) < 4.78 is 10.8. The van der Waals surface area contributed by atoms with Gasteiger partial charge in [0, 0.05) is 5.41 Å². The number of hydrogen-bond acceptors (Lipinski definition) is 4. The Bertz CT molecular complexity index is 424. The highest BCUT2D eigenvalue weighted by molar-refractivity contribution is 5.89. The number of rotatable bonds is 4. The van der Waals surface area contributed by atoms with Gasteiger partial charge in [0.25, 0.3) is 0 Å². The van der Waals surface area contributed by atoms with Gasteiger partial charge in [-0.1, -0.05) is 54.2 Å². The van der Waals surface area contributed by atoms with Crippen LogP contribution < -0.4 is 0 Å². The molecule has 0 spiro atoms. The Morgan fingerprint density at radius 3 is 2.48 bits per heavy atom. The van der Waals surface area contributed by atoms with Gasteiger partial charge in [-0.2, -0.15) is 0 Å². The standard InChI is InChI=1S/C16H27NO4/c1-8-10-20-14(19)17-12(15(5,6)7)21-13(18)16(17,9-2)11(3)4/h8,11-12H,1,9-10H2,2-7H3. The highest BCUT2D eigenvalue weighted by Gasteiger charge is 2.61. The molecule has 1 amide bonds. The summed E-state index contributed by atoms with van der Waals surface area (Å²) in [6.07, 6.45) is 0.825. The lowest BCUT2D eigenvalue weighted by molar-refractivity contribution is -0.149. The number of amides is 1. The average Bonchev–Trinajstić information content (AvgIpc) is 2.69. The van der Waals surface area contributed by atoms with Gasteiger partial charge >= 0.3 is 12.1 Å². The quantitative estimate of drug-likeness (QED) is 0.590. The number of hydrogen-bond donors (Lipinski definition) is 0. The SMILES string of the molecule is C=CCOC(=O)N1C(C(C)(C)C)OC(=O)C1(CC)C(C)C. The van der Waals surface area contributed by atoms with E-state index in [4.69, 9.17) is 9.47 Å². The lowest BCUT2D eigenvalue weighted by Gasteiger charge is -2.40. The molecular weight excluding hydrogens is 270 g/mol. The van der Waals surface area contributed by atoms with Gasteiger partial charge < -0.3 is 9.47 Å². The van der Waals surface area contributed by atoms with Crippen LogP contribution in [0.25, 0.3) is 0 Å². The Balaban J connectivity index is 3.31. The molecule has 2 atom stereocenters. The van der Waals surface area contributed by atoms with Crippen molar-refractivity contribution in [2.45, 2.75) is 59.7 Å². The molecule has 120 valence electrons. The molecule has 2 unspecified atom stereocenters. The van der Waals surface area contributed by atoms with E-state index in [-0.39, 0.29) is 18.5 Å². The van der Waals surface area contributed by atoms with E-state index in [2.05, 4.69) is 6.58 Å². The van der Waals surface area contributed by atoms with E-state index in [1.807, 2.05) is 41.5 Å². The van der Waals surface area contributed by atoms with Gasteiger partial charge in [0.05, 0.1) is 0 Å². The third-order valence-electron chi connectivity index (χ3n) is 3.99. The zero-order valence-corrected chi connectivity index (χ0v) is 13.9. The van der Waals surface area contributed by atoms with Crippen LogP contribution in [0.3, 0.4) is 0 Å². The van der Waals surface area contributed by atoms with Gasteiger partial charge in [-0.05, 0) is 12.3 Å². The zero-order chi connectivity index (χ0) is 16.4. The molecule has 0 aliphatic carbocycles. The summed E-state index contributed by atoms with van der Waals surface area (Å²) in [5, 5.41) is 0. The van der Waals surface area contributed by atoms with Crippen LogP contribution in [0.1, 0.15) is 48.0 Å². The minimum atomic E-state index is -0.976. The van der Waals surface area contributed by atoms with Gasteiger partial charge in [-0.3, -0.25) is 4.90 Å². The Labute approximate surface area is 127 Å². The maximum absolute atomic E-state index is 12.5. The van der Waals surface area contributed by atoms with Crippen LogP contribution in [0.5, 0.6) is 0 Å². The fourth-order valence-electron chi connectivity index (χ4n) is 2.82. The van der Waals surface area contributed by atoms with Crippen molar-refractivity contribution < 1.29 is 19.1 Å². The Hall–Kier alpha value is -1.52. The van der Waals surface area contributed by atoms with Crippen molar-refractivity contribution in [3.05, 3.63) is 12.7 Å². The smallest absolute Gasteiger partial charge is 0.413 e. The molecule has 1 rings (SSSR count). The number of ether oxygens (including phenoxy) is 2. The molecule has 21 heavy (non-hydrogen) atoms. The number of nitrogens with zero attached hydrogens (tertiary/aromatic N) is 1. The van der Waals surface area contributed by atoms with Gasteiger partial charge in [-0.15, -0.1) is 0 Å². The maximum Gasteiger partial charge on any atom is 0.413 e. The molecule has 0 bridgehead atoms. The molecule has 0 aromatic rings. The molecule has 1 aliphatic heterocycles. The molecule has 1 fully saturated rings. The van der Waals surface area contributed by atoms with Gasteiger partial charge in [0.15, 0.2) is 6.23 Å². The Morgan fingerprint density at radius 1 is 1.52 bits per heavy atom. The second-order valence-corrected chi connectivity index (χ2v) is 6.79. The summed E-state index contributed by atoms with van der Waals surface area (Å²) in [4.78, 5) is 26.5. The highest BCUT2D eigenvalue weighted by Crippen LogP contribution is 2.43. The molecule has 1 aliphatic rings. The molecule has 0 aromatic heterocycles. The zero-order valence-electron chi connectivity index (χ0n) is 13.9. The average molecular weight is 297 g/mol.